The summed E-state index contributed by atoms with van der Waals surface area (Å²) in [5, 5.41) is 3.65. The molecule has 156 valence electrons. The molecule has 0 saturated heterocycles. The van der Waals surface area contributed by atoms with Crippen LogP contribution in [0.25, 0.3) is 0 Å². The minimum Gasteiger partial charge on any atom is -0.493 e. The molecule has 3 rings (SSSR count). The van der Waals surface area contributed by atoms with Gasteiger partial charge in [-0.1, -0.05) is 25.3 Å². The number of anilines is 2. The van der Waals surface area contributed by atoms with Crippen LogP contribution in [0, 0.1) is 6.92 Å². The fourth-order valence-electron chi connectivity index (χ4n) is 4.01. The molecule has 1 aliphatic rings. The molecule has 1 saturated carbocycles. The molecule has 0 radical (unpaired) electrons. The van der Waals surface area contributed by atoms with Crippen molar-refractivity contribution in [1.29, 1.82) is 0 Å². The SMILES string of the molecule is CCOc1cc(C(N)=O)ccc1C1(Nc2nc(C)cc(N(C)C)n2)CCCCC1. The summed E-state index contributed by atoms with van der Waals surface area (Å²) in [5.41, 5.74) is 7.53. The maximum Gasteiger partial charge on any atom is 0.248 e. The predicted octanol–water partition coefficient (Wildman–Crippen LogP) is 3.62. The number of hydrogen-bond donors (Lipinski definition) is 2. The van der Waals surface area contributed by atoms with Crippen LogP contribution < -0.4 is 20.7 Å². The van der Waals surface area contributed by atoms with Crippen molar-refractivity contribution in [3.05, 3.63) is 41.1 Å². The Hall–Kier alpha value is -2.83. The highest BCUT2D eigenvalue weighted by Gasteiger charge is 2.37. The van der Waals surface area contributed by atoms with Gasteiger partial charge >= 0.3 is 0 Å². The molecule has 1 heterocycles. The van der Waals surface area contributed by atoms with Gasteiger partial charge in [-0.25, -0.2) is 4.98 Å². The van der Waals surface area contributed by atoms with Crippen molar-refractivity contribution in [3.8, 4) is 5.75 Å². The van der Waals surface area contributed by atoms with E-state index in [1.807, 2.05) is 45.0 Å². The monoisotopic (exact) mass is 397 g/mol. The van der Waals surface area contributed by atoms with E-state index < -0.39 is 5.91 Å². The maximum absolute atomic E-state index is 11.7. The van der Waals surface area contributed by atoms with Crippen molar-refractivity contribution in [1.82, 2.24) is 9.97 Å². The first-order valence-corrected chi connectivity index (χ1v) is 10.2. The minimum atomic E-state index is -0.458. The Morgan fingerprint density at radius 3 is 2.55 bits per heavy atom. The number of hydrogen-bond acceptors (Lipinski definition) is 6. The third-order valence-corrected chi connectivity index (χ3v) is 5.44. The number of carbonyl (C=O) groups is 1. The molecule has 7 nitrogen and oxygen atoms in total. The highest BCUT2D eigenvalue weighted by Crippen LogP contribution is 2.43. The van der Waals surface area contributed by atoms with Gasteiger partial charge in [0.2, 0.25) is 11.9 Å². The molecule has 1 amide bonds. The largest absolute Gasteiger partial charge is 0.493 e. The highest BCUT2D eigenvalue weighted by molar-refractivity contribution is 5.93. The fraction of sp³-hybridized carbons (Fsp3) is 0.500. The summed E-state index contributed by atoms with van der Waals surface area (Å²) in [6.45, 7) is 4.42. The lowest BCUT2D eigenvalue weighted by Crippen LogP contribution is -2.39. The second kappa shape index (κ2) is 8.68. The van der Waals surface area contributed by atoms with Gasteiger partial charge in [-0.05, 0) is 38.8 Å². The van der Waals surface area contributed by atoms with E-state index in [-0.39, 0.29) is 5.54 Å². The summed E-state index contributed by atoms with van der Waals surface area (Å²) < 4.78 is 5.93. The quantitative estimate of drug-likeness (QED) is 0.741. The van der Waals surface area contributed by atoms with Crippen molar-refractivity contribution >= 4 is 17.7 Å². The normalized spacial score (nSPS) is 15.6. The van der Waals surface area contributed by atoms with Gasteiger partial charge in [-0.3, -0.25) is 4.79 Å². The molecule has 29 heavy (non-hydrogen) atoms. The smallest absolute Gasteiger partial charge is 0.248 e. The van der Waals surface area contributed by atoms with Crippen molar-refractivity contribution in [2.45, 2.75) is 51.5 Å². The number of primary amides is 1. The molecular formula is C22H31N5O2. The molecule has 1 aromatic carbocycles. The number of aryl methyl sites for hydroxylation is 1. The molecule has 1 aromatic heterocycles. The lowest BCUT2D eigenvalue weighted by molar-refractivity contribution is 0.0999. The Morgan fingerprint density at radius 2 is 1.93 bits per heavy atom. The first kappa shape index (κ1) is 20.9. The average molecular weight is 398 g/mol. The number of nitrogens with one attached hydrogen (secondary N) is 1. The molecule has 7 heteroatoms. The standard InChI is InChI=1S/C22H31N5O2/c1-5-29-18-14-16(20(23)28)9-10-17(18)22(11-7-6-8-12-22)26-21-24-15(2)13-19(25-21)27(3)4/h9-10,13-14H,5-8,11-12H2,1-4H3,(H2,23,28)(H,24,25,26). The molecule has 0 unspecified atom stereocenters. The van der Waals surface area contributed by atoms with Crippen LogP contribution in [0.4, 0.5) is 11.8 Å². The van der Waals surface area contributed by atoms with Gasteiger partial charge < -0.3 is 20.7 Å². The zero-order chi connectivity index (χ0) is 21.0. The Balaban J connectivity index is 2.07. The van der Waals surface area contributed by atoms with Gasteiger partial charge in [0.05, 0.1) is 12.1 Å². The fourth-order valence-corrected chi connectivity index (χ4v) is 4.01. The Labute approximate surface area is 172 Å². The molecular weight excluding hydrogens is 366 g/mol. The highest BCUT2D eigenvalue weighted by atomic mass is 16.5. The second-order valence-electron chi connectivity index (χ2n) is 7.86. The number of rotatable bonds is 7. The van der Waals surface area contributed by atoms with Gasteiger partial charge in [0.25, 0.3) is 0 Å². The molecule has 2 aromatic rings. The zero-order valence-electron chi connectivity index (χ0n) is 17.8. The summed E-state index contributed by atoms with van der Waals surface area (Å²) in [5.74, 6) is 1.71. The van der Waals surface area contributed by atoms with E-state index in [9.17, 15) is 4.79 Å². The van der Waals surface area contributed by atoms with Crippen molar-refractivity contribution in [2.24, 2.45) is 5.73 Å². The van der Waals surface area contributed by atoms with Crippen LogP contribution in [0.1, 0.15) is 60.6 Å². The number of ether oxygens (including phenoxy) is 1. The summed E-state index contributed by atoms with van der Waals surface area (Å²) in [7, 11) is 3.94. The van der Waals surface area contributed by atoms with Crippen LogP contribution in [0.5, 0.6) is 5.75 Å². The number of nitrogens with zero attached hydrogens (tertiary/aromatic N) is 3. The van der Waals surface area contributed by atoms with Gasteiger partial charge in [0.1, 0.15) is 11.6 Å². The van der Waals surface area contributed by atoms with Crippen molar-refractivity contribution in [2.75, 3.05) is 30.9 Å². The molecule has 0 atom stereocenters. The Morgan fingerprint density at radius 1 is 1.21 bits per heavy atom. The van der Waals surface area contributed by atoms with Crippen molar-refractivity contribution < 1.29 is 9.53 Å². The van der Waals surface area contributed by atoms with Gasteiger partial charge in [0, 0.05) is 37.0 Å². The van der Waals surface area contributed by atoms with Crippen LogP contribution in [0.3, 0.4) is 0 Å². The average Bonchev–Trinajstić information content (AvgIpc) is 2.68. The van der Waals surface area contributed by atoms with E-state index in [2.05, 4.69) is 10.3 Å². The Kier molecular flexibility index (Phi) is 6.25. The number of benzene rings is 1. The maximum atomic E-state index is 11.7. The van der Waals surface area contributed by atoms with E-state index in [1.165, 1.54) is 6.42 Å². The summed E-state index contributed by atoms with van der Waals surface area (Å²) >= 11 is 0. The number of amides is 1. The van der Waals surface area contributed by atoms with E-state index >= 15 is 0 Å². The van der Waals surface area contributed by atoms with E-state index in [0.717, 1.165) is 42.8 Å². The van der Waals surface area contributed by atoms with Crippen LogP contribution >= 0.6 is 0 Å². The topological polar surface area (TPSA) is 93.4 Å². The second-order valence-corrected chi connectivity index (χ2v) is 7.86. The Bertz CT molecular complexity index is 876. The van der Waals surface area contributed by atoms with E-state index in [1.54, 1.807) is 12.1 Å². The summed E-state index contributed by atoms with van der Waals surface area (Å²) in [4.78, 5) is 23.0. The van der Waals surface area contributed by atoms with Crippen LogP contribution in [0.15, 0.2) is 24.3 Å². The molecule has 1 aliphatic carbocycles. The zero-order valence-corrected chi connectivity index (χ0v) is 17.8. The third-order valence-electron chi connectivity index (χ3n) is 5.44. The number of carbonyl (C=O) groups excluding carboxylic acids is 1. The van der Waals surface area contributed by atoms with E-state index in [0.29, 0.717) is 23.9 Å². The molecule has 1 fully saturated rings. The van der Waals surface area contributed by atoms with Gasteiger partial charge in [-0.2, -0.15) is 4.98 Å². The predicted molar refractivity (Wildman–Crippen MR) is 116 cm³/mol. The third kappa shape index (κ3) is 4.60. The van der Waals surface area contributed by atoms with Crippen LogP contribution in [-0.4, -0.2) is 36.6 Å². The van der Waals surface area contributed by atoms with Gasteiger partial charge in [-0.15, -0.1) is 0 Å². The minimum absolute atomic E-state index is 0.351. The molecule has 0 aliphatic heterocycles. The van der Waals surface area contributed by atoms with Gasteiger partial charge in [0.15, 0.2) is 0 Å². The number of nitrogens with two attached hydrogens (primary N) is 1. The molecule has 0 spiro atoms. The lowest BCUT2D eigenvalue weighted by atomic mass is 9.76. The number of aromatic nitrogens is 2. The van der Waals surface area contributed by atoms with Crippen LogP contribution in [-0.2, 0) is 5.54 Å². The van der Waals surface area contributed by atoms with Crippen molar-refractivity contribution in [3.63, 3.8) is 0 Å². The summed E-state index contributed by atoms with van der Waals surface area (Å²) in [6, 6.07) is 7.46. The molecule has 3 N–H and O–H groups in total. The van der Waals surface area contributed by atoms with Crippen LogP contribution in [0.2, 0.25) is 0 Å². The lowest BCUT2D eigenvalue weighted by Gasteiger charge is -2.39. The first-order valence-electron chi connectivity index (χ1n) is 10.2. The summed E-state index contributed by atoms with van der Waals surface area (Å²) in [6.07, 6.45) is 5.28. The van der Waals surface area contributed by atoms with E-state index in [4.69, 9.17) is 15.5 Å². The molecule has 0 bridgehead atoms. The first-order chi connectivity index (χ1) is 13.8.